The number of benzene rings is 2. The lowest BCUT2D eigenvalue weighted by Crippen LogP contribution is -2.51. The number of nitrogens with zero attached hydrogens (tertiary/aromatic N) is 3. The minimum Gasteiger partial charge on any atom is -0.338 e. The number of halogens is 1. The predicted molar refractivity (Wildman–Crippen MR) is 147 cm³/mol. The second-order valence-electron chi connectivity index (χ2n) is 10.0. The standard InChI is InChI=1S/C30H43FN4O2/c1-3-4-5-6-7-8-17-32-30(37)35(24-26-11-15-28(31)16-12-26)23-20-33-18-21-34(22-19-33)29(36)27-13-9-25(2)10-14-27/h9-16H,3-8,17-24H2,1-2H3,(H,32,37). The summed E-state index contributed by atoms with van der Waals surface area (Å²) in [5.74, 6) is -0.201. The molecule has 0 aromatic heterocycles. The largest absolute Gasteiger partial charge is 0.338 e. The zero-order chi connectivity index (χ0) is 26.5. The van der Waals surface area contributed by atoms with Crippen molar-refractivity contribution in [3.63, 3.8) is 0 Å². The van der Waals surface area contributed by atoms with Crippen LogP contribution in [0.3, 0.4) is 0 Å². The van der Waals surface area contributed by atoms with Gasteiger partial charge in [-0.2, -0.15) is 0 Å². The fraction of sp³-hybridized carbons (Fsp3) is 0.533. The fourth-order valence-electron chi connectivity index (χ4n) is 4.59. The summed E-state index contributed by atoms with van der Waals surface area (Å²) in [7, 11) is 0. The first-order valence-electron chi connectivity index (χ1n) is 13.8. The van der Waals surface area contributed by atoms with E-state index in [1.807, 2.05) is 41.0 Å². The number of nitrogens with one attached hydrogen (secondary N) is 1. The number of unbranched alkanes of at least 4 members (excludes halogenated alkanes) is 5. The van der Waals surface area contributed by atoms with Crippen LogP contribution in [0.25, 0.3) is 0 Å². The lowest BCUT2D eigenvalue weighted by molar-refractivity contribution is 0.0627. The number of piperazine rings is 1. The quantitative estimate of drug-likeness (QED) is 0.364. The molecule has 6 nitrogen and oxygen atoms in total. The molecule has 0 atom stereocenters. The number of hydrogen-bond acceptors (Lipinski definition) is 3. The van der Waals surface area contributed by atoms with Crippen LogP contribution in [-0.2, 0) is 6.54 Å². The van der Waals surface area contributed by atoms with Gasteiger partial charge in [-0.3, -0.25) is 9.69 Å². The molecule has 3 rings (SSSR count). The van der Waals surface area contributed by atoms with Crippen LogP contribution in [-0.4, -0.2) is 72.5 Å². The first-order chi connectivity index (χ1) is 18.0. The van der Waals surface area contributed by atoms with E-state index in [-0.39, 0.29) is 17.8 Å². The molecule has 1 fully saturated rings. The number of urea groups is 1. The van der Waals surface area contributed by atoms with Gasteiger partial charge >= 0.3 is 6.03 Å². The summed E-state index contributed by atoms with van der Waals surface area (Å²) in [5, 5.41) is 3.08. The van der Waals surface area contributed by atoms with Crippen LogP contribution in [0.1, 0.15) is 66.9 Å². The van der Waals surface area contributed by atoms with E-state index in [0.29, 0.717) is 32.7 Å². The van der Waals surface area contributed by atoms with E-state index in [1.54, 1.807) is 12.1 Å². The fourth-order valence-corrected chi connectivity index (χ4v) is 4.59. The van der Waals surface area contributed by atoms with E-state index in [9.17, 15) is 14.0 Å². The van der Waals surface area contributed by atoms with Crippen LogP contribution in [0.2, 0.25) is 0 Å². The lowest BCUT2D eigenvalue weighted by atomic mass is 10.1. The Hall–Kier alpha value is -2.93. The molecule has 0 radical (unpaired) electrons. The molecule has 0 saturated carbocycles. The van der Waals surface area contributed by atoms with Crippen LogP contribution < -0.4 is 5.32 Å². The third-order valence-corrected chi connectivity index (χ3v) is 7.02. The maximum atomic E-state index is 13.4. The molecule has 1 N–H and O–H groups in total. The third kappa shape index (κ3) is 9.80. The lowest BCUT2D eigenvalue weighted by Gasteiger charge is -2.36. The minimum absolute atomic E-state index is 0.0756. The number of rotatable bonds is 13. The van der Waals surface area contributed by atoms with Gasteiger partial charge in [0.25, 0.3) is 5.91 Å². The van der Waals surface area contributed by atoms with E-state index in [1.165, 1.54) is 37.8 Å². The van der Waals surface area contributed by atoms with E-state index in [4.69, 9.17) is 0 Å². The first kappa shape index (κ1) is 28.6. The molecule has 1 aliphatic heterocycles. The van der Waals surface area contributed by atoms with E-state index in [2.05, 4.69) is 17.1 Å². The van der Waals surface area contributed by atoms with Crippen LogP contribution in [0.4, 0.5) is 9.18 Å². The number of carbonyl (C=O) groups excluding carboxylic acids is 2. The van der Waals surface area contributed by atoms with Crippen LogP contribution >= 0.6 is 0 Å². The molecule has 0 aliphatic carbocycles. The van der Waals surface area contributed by atoms with E-state index >= 15 is 0 Å². The van der Waals surface area contributed by atoms with Crippen molar-refractivity contribution in [1.82, 2.24) is 20.0 Å². The number of amides is 3. The van der Waals surface area contributed by atoms with Gasteiger partial charge < -0.3 is 15.1 Å². The van der Waals surface area contributed by atoms with Gasteiger partial charge in [0.15, 0.2) is 0 Å². The highest BCUT2D eigenvalue weighted by Gasteiger charge is 2.23. The van der Waals surface area contributed by atoms with Gasteiger partial charge in [0, 0.05) is 57.9 Å². The molecular weight excluding hydrogens is 467 g/mol. The van der Waals surface area contributed by atoms with Crippen molar-refractivity contribution in [2.24, 2.45) is 0 Å². The molecule has 0 unspecified atom stereocenters. The average Bonchev–Trinajstić information content (AvgIpc) is 2.92. The molecular formula is C30H43FN4O2. The molecule has 1 aliphatic rings. The summed E-state index contributed by atoms with van der Waals surface area (Å²) in [6, 6.07) is 14.0. The molecule has 0 spiro atoms. The minimum atomic E-state index is -0.277. The SMILES string of the molecule is CCCCCCCCNC(=O)N(CCN1CCN(C(=O)c2ccc(C)cc2)CC1)Cc1ccc(F)cc1. The first-order valence-corrected chi connectivity index (χ1v) is 13.8. The predicted octanol–water partition coefficient (Wildman–Crippen LogP) is 5.46. The summed E-state index contributed by atoms with van der Waals surface area (Å²) in [4.78, 5) is 31.9. The van der Waals surface area contributed by atoms with Gasteiger partial charge in [0.1, 0.15) is 5.82 Å². The highest BCUT2D eigenvalue weighted by Crippen LogP contribution is 2.12. The Labute approximate surface area is 221 Å². The van der Waals surface area contributed by atoms with Gasteiger partial charge in [-0.25, -0.2) is 9.18 Å². The summed E-state index contributed by atoms with van der Waals surface area (Å²) >= 11 is 0. The van der Waals surface area contributed by atoms with Gasteiger partial charge in [-0.15, -0.1) is 0 Å². The monoisotopic (exact) mass is 510 g/mol. The van der Waals surface area contributed by atoms with Crippen LogP contribution in [0, 0.1) is 12.7 Å². The van der Waals surface area contributed by atoms with Gasteiger partial charge in [0.2, 0.25) is 0 Å². The van der Waals surface area contributed by atoms with Crippen molar-refractivity contribution in [1.29, 1.82) is 0 Å². The molecule has 0 bridgehead atoms. The maximum absolute atomic E-state index is 13.4. The van der Waals surface area contributed by atoms with Crippen molar-refractivity contribution in [3.8, 4) is 0 Å². The smallest absolute Gasteiger partial charge is 0.317 e. The summed E-state index contributed by atoms with van der Waals surface area (Å²) in [5.41, 5.74) is 2.78. The van der Waals surface area contributed by atoms with Crippen molar-refractivity contribution in [3.05, 3.63) is 71.0 Å². The molecule has 3 amide bonds. The molecule has 1 heterocycles. The van der Waals surface area contributed by atoms with Crippen molar-refractivity contribution in [2.45, 2.75) is 58.9 Å². The number of carbonyl (C=O) groups is 2. The van der Waals surface area contributed by atoms with Gasteiger partial charge in [-0.05, 0) is 43.2 Å². The van der Waals surface area contributed by atoms with Crippen molar-refractivity contribution < 1.29 is 14.0 Å². The molecule has 2 aromatic carbocycles. The second kappa shape index (κ2) is 15.4. The Bertz CT molecular complexity index is 957. The van der Waals surface area contributed by atoms with Crippen LogP contribution in [0.5, 0.6) is 0 Å². The molecule has 1 saturated heterocycles. The highest BCUT2D eigenvalue weighted by molar-refractivity contribution is 5.94. The molecule has 2 aromatic rings. The van der Waals surface area contributed by atoms with E-state index in [0.717, 1.165) is 49.2 Å². The summed E-state index contributed by atoms with van der Waals surface area (Å²) in [6.07, 6.45) is 7.08. The van der Waals surface area contributed by atoms with E-state index < -0.39 is 0 Å². The summed E-state index contributed by atoms with van der Waals surface area (Å²) in [6.45, 7) is 9.55. The zero-order valence-electron chi connectivity index (χ0n) is 22.6. The average molecular weight is 511 g/mol. The van der Waals surface area contributed by atoms with Gasteiger partial charge in [0.05, 0.1) is 0 Å². The topological polar surface area (TPSA) is 55.9 Å². The Kier molecular flexibility index (Phi) is 11.9. The van der Waals surface area contributed by atoms with Crippen molar-refractivity contribution >= 4 is 11.9 Å². The second-order valence-corrected chi connectivity index (χ2v) is 10.0. The molecule has 7 heteroatoms. The zero-order valence-corrected chi connectivity index (χ0v) is 22.6. The Balaban J connectivity index is 1.47. The maximum Gasteiger partial charge on any atom is 0.317 e. The number of hydrogen-bond donors (Lipinski definition) is 1. The Morgan fingerprint density at radius 2 is 1.54 bits per heavy atom. The van der Waals surface area contributed by atoms with Crippen molar-refractivity contribution in [2.75, 3.05) is 45.8 Å². The number of aryl methyl sites for hydroxylation is 1. The Morgan fingerprint density at radius 1 is 0.892 bits per heavy atom. The van der Waals surface area contributed by atoms with Crippen LogP contribution in [0.15, 0.2) is 48.5 Å². The molecule has 37 heavy (non-hydrogen) atoms. The molecule has 202 valence electrons. The normalized spacial score (nSPS) is 14.0. The summed E-state index contributed by atoms with van der Waals surface area (Å²) < 4.78 is 13.4. The van der Waals surface area contributed by atoms with Gasteiger partial charge in [-0.1, -0.05) is 68.9 Å². The third-order valence-electron chi connectivity index (χ3n) is 7.02. The Morgan fingerprint density at radius 3 is 2.22 bits per heavy atom. The highest BCUT2D eigenvalue weighted by atomic mass is 19.1.